The number of fused-ring (bicyclic) bond motifs is 3. The number of carbonyl (C=O) groups excluding carboxylic acids is 2. The lowest BCUT2D eigenvalue weighted by Crippen LogP contribution is -2.52. The Morgan fingerprint density at radius 1 is 1.22 bits per heavy atom. The van der Waals surface area contributed by atoms with Crippen LogP contribution in [-0.2, 0) is 30.1 Å². The van der Waals surface area contributed by atoms with Crippen molar-refractivity contribution in [2.75, 3.05) is 52.3 Å². The fourth-order valence-electron chi connectivity index (χ4n) is 7.59. The number of halogens is 1. The Labute approximate surface area is 307 Å². The standard InChI is InChI=1S/C38H51ClN4O7S/c1-6-30(39)21-27-11-7-8-19-42-24-28-15-17-32(28)34(49-5)14-9-12-31-13-10-20-43(31)36(44)23-38(46,37(45)40-51(47,48)41(3)4)29-16-18-35(33(42)22-29)50-25-26(27)2/h1,9,14,16,18,21-22,28,31-32,34,46H,7-8,10-13,15,17,19-20,23-25H2,2-5H3,(H,40,45)/b14-9+,27-26+,30-21+/t28-,31+,32+,34-,38+/m0/s1. The molecule has 3 heterocycles. The molecule has 1 aromatic carbocycles. The number of anilines is 1. The van der Waals surface area contributed by atoms with Crippen molar-refractivity contribution in [1.82, 2.24) is 13.9 Å². The zero-order valence-corrected chi connectivity index (χ0v) is 31.6. The Hall–Kier alpha value is -3.34. The Morgan fingerprint density at radius 2 is 2.00 bits per heavy atom. The van der Waals surface area contributed by atoms with Gasteiger partial charge < -0.3 is 24.4 Å². The van der Waals surface area contributed by atoms with Gasteiger partial charge in [0.05, 0.1) is 23.2 Å². The van der Waals surface area contributed by atoms with Crippen LogP contribution in [0.5, 0.6) is 5.75 Å². The van der Waals surface area contributed by atoms with Crippen LogP contribution < -0.4 is 14.4 Å². The molecule has 1 saturated heterocycles. The Kier molecular flexibility index (Phi) is 12.6. The summed E-state index contributed by atoms with van der Waals surface area (Å²) in [5.74, 6) is 1.97. The summed E-state index contributed by atoms with van der Waals surface area (Å²) < 4.78 is 41.1. The van der Waals surface area contributed by atoms with Crippen molar-refractivity contribution >= 4 is 39.3 Å². The summed E-state index contributed by atoms with van der Waals surface area (Å²) in [6, 6.07) is 4.81. The highest BCUT2D eigenvalue weighted by Crippen LogP contribution is 2.43. The molecule has 5 rings (SSSR count). The monoisotopic (exact) mass is 742 g/mol. The average molecular weight is 743 g/mol. The molecule has 5 atom stereocenters. The van der Waals surface area contributed by atoms with Gasteiger partial charge in [-0.05, 0) is 105 Å². The second kappa shape index (κ2) is 16.6. The molecule has 2 amide bonds. The van der Waals surface area contributed by atoms with Crippen LogP contribution in [0.3, 0.4) is 0 Å². The van der Waals surface area contributed by atoms with Crippen molar-refractivity contribution in [3.05, 3.63) is 58.2 Å². The fraction of sp³-hybridized carbons (Fsp3) is 0.579. The first-order chi connectivity index (χ1) is 24.3. The Balaban J connectivity index is 1.64. The molecule has 2 N–H and O–H groups in total. The normalized spacial score (nSPS) is 30.2. The molecule has 11 nitrogen and oxygen atoms in total. The minimum absolute atomic E-state index is 0.0669. The topological polar surface area (TPSA) is 129 Å². The maximum absolute atomic E-state index is 14.0. The molecule has 1 aromatic rings. The SMILES string of the molecule is C#C/C(Cl)=C\C1=C(/C)COc2ccc3cc2N(CCCC1)C[C@@H]1CC[C@H]1[C@@H](OC)/C=C/C[C@@H]1CCCN1C(=O)C[C@]3(O)C(=O)NS(=O)(=O)N(C)C. The summed E-state index contributed by atoms with van der Waals surface area (Å²) >= 11 is 6.25. The first-order valence-electron chi connectivity index (χ1n) is 17.8. The van der Waals surface area contributed by atoms with Gasteiger partial charge in [-0.3, -0.25) is 9.59 Å². The number of ether oxygens (including phenoxy) is 2. The number of methoxy groups -OCH3 is 1. The third kappa shape index (κ3) is 8.83. The van der Waals surface area contributed by atoms with Crippen molar-refractivity contribution < 1.29 is 32.6 Å². The zero-order chi connectivity index (χ0) is 36.9. The third-order valence-corrected chi connectivity index (χ3v) is 12.5. The lowest BCUT2D eigenvalue weighted by molar-refractivity contribution is -0.149. The van der Waals surface area contributed by atoms with Crippen LogP contribution in [0.4, 0.5) is 5.69 Å². The van der Waals surface area contributed by atoms with Gasteiger partial charge in [-0.25, -0.2) is 4.72 Å². The van der Waals surface area contributed by atoms with Crippen LogP contribution in [0.25, 0.3) is 0 Å². The van der Waals surface area contributed by atoms with Gasteiger partial charge >= 0.3 is 10.2 Å². The summed E-state index contributed by atoms with van der Waals surface area (Å²) in [6.45, 7) is 4.01. The number of terminal acetylenes is 1. The fourth-order valence-corrected chi connectivity index (χ4v) is 8.31. The van der Waals surface area contributed by atoms with Crippen molar-refractivity contribution in [1.29, 1.82) is 0 Å². The number of rotatable bonds is 5. The third-order valence-electron chi connectivity index (χ3n) is 10.9. The van der Waals surface area contributed by atoms with E-state index in [1.807, 2.05) is 17.7 Å². The molecule has 51 heavy (non-hydrogen) atoms. The quantitative estimate of drug-likeness (QED) is 0.331. The van der Waals surface area contributed by atoms with E-state index >= 15 is 0 Å². The molecule has 0 aromatic heterocycles. The molecule has 0 spiro atoms. The predicted molar refractivity (Wildman–Crippen MR) is 198 cm³/mol. The van der Waals surface area contributed by atoms with Crippen LogP contribution in [0.2, 0.25) is 0 Å². The molecule has 3 aliphatic heterocycles. The van der Waals surface area contributed by atoms with Gasteiger partial charge in [-0.15, -0.1) is 6.42 Å². The van der Waals surface area contributed by atoms with E-state index in [1.165, 1.54) is 14.1 Å². The number of allylic oxidation sites excluding steroid dienone is 3. The van der Waals surface area contributed by atoms with Gasteiger partial charge in [0.15, 0.2) is 5.60 Å². The van der Waals surface area contributed by atoms with Crippen LogP contribution in [0.1, 0.15) is 70.3 Å². The summed E-state index contributed by atoms with van der Waals surface area (Å²) in [5.41, 5.74) is 0.217. The van der Waals surface area contributed by atoms with Gasteiger partial charge in [0.1, 0.15) is 12.4 Å². The molecule has 0 radical (unpaired) electrons. The second-order valence-electron chi connectivity index (χ2n) is 14.3. The van der Waals surface area contributed by atoms with E-state index in [-0.39, 0.29) is 30.2 Å². The average Bonchev–Trinajstić information content (AvgIpc) is 3.55. The van der Waals surface area contributed by atoms with E-state index in [0.29, 0.717) is 48.4 Å². The van der Waals surface area contributed by atoms with Gasteiger partial charge in [0.25, 0.3) is 5.91 Å². The first-order valence-corrected chi connectivity index (χ1v) is 19.6. The maximum Gasteiger partial charge on any atom is 0.303 e. The number of hydrogen-bond acceptors (Lipinski definition) is 8. The van der Waals surface area contributed by atoms with Gasteiger partial charge in [-0.1, -0.05) is 35.7 Å². The number of aliphatic hydroxyl groups is 1. The second-order valence-corrected chi connectivity index (χ2v) is 16.6. The van der Waals surface area contributed by atoms with Crippen molar-refractivity contribution in [3.63, 3.8) is 0 Å². The summed E-state index contributed by atoms with van der Waals surface area (Å²) in [5, 5.41) is 12.7. The van der Waals surface area contributed by atoms with E-state index in [1.54, 1.807) is 30.2 Å². The lowest BCUT2D eigenvalue weighted by atomic mass is 9.70. The van der Waals surface area contributed by atoms with Crippen LogP contribution in [0, 0.1) is 24.2 Å². The molecule has 2 fully saturated rings. The zero-order valence-electron chi connectivity index (χ0n) is 30.1. The molecule has 2 bridgehead atoms. The minimum Gasteiger partial charge on any atom is -0.487 e. The summed E-state index contributed by atoms with van der Waals surface area (Å²) in [7, 11) is 0.00712. The van der Waals surface area contributed by atoms with Gasteiger partial charge in [-0.2, -0.15) is 12.7 Å². The van der Waals surface area contributed by atoms with Crippen molar-refractivity contribution in [3.8, 4) is 18.1 Å². The predicted octanol–water partition coefficient (Wildman–Crippen LogP) is 4.62. The van der Waals surface area contributed by atoms with Gasteiger partial charge in [0, 0.05) is 46.9 Å². The van der Waals surface area contributed by atoms with Crippen LogP contribution >= 0.6 is 11.6 Å². The number of amides is 2. The number of hydrogen-bond donors (Lipinski definition) is 2. The Bertz CT molecular complexity index is 1720. The molecule has 278 valence electrons. The van der Waals surface area contributed by atoms with Crippen molar-refractivity contribution in [2.24, 2.45) is 11.8 Å². The van der Waals surface area contributed by atoms with Crippen LogP contribution in [-0.4, -0.2) is 94.1 Å². The highest BCUT2D eigenvalue weighted by molar-refractivity contribution is 7.87. The molecular formula is C38H51ClN4O7S. The molecule has 1 saturated carbocycles. The highest BCUT2D eigenvalue weighted by atomic mass is 35.5. The van der Waals surface area contributed by atoms with E-state index in [4.69, 9.17) is 27.5 Å². The van der Waals surface area contributed by atoms with E-state index in [9.17, 15) is 23.1 Å². The smallest absolute Gasteiger partial charge is 0.303 e. The number of carbonyl (C=O) groups is 2. The van der Waals surface area contributed by atoms with Crippen molar-refractivity contribution in [2.45, 2.75) is 82.5 Å². The molecule has 1 aliphatic carbocycles. The van der Waals surface area contributed by atoms with Crippen LogP contribution in [0.15, 0.2) is 52.6 Å². The molecule has 0 unspecified atom stereocenters. The number of benzene rings is 1. The Morgan fingerprint density at radius 3 is 2.69 bits per heavy atom. The number of nitrogens with one attached hydrogen (secondary N) is 1. The minimum atomic E-state index is -4.29. The molecular weight excluding hydrogens is 692 g/mol. The summed E-state index contributed by atoms with van der Waals surface area (Å²) in [6.07, 6.45) is 17.5. The molecule has 13 heteroatoms. The van der Waals surface area contributed by atoms with E-state index in [0.717, 1.165) is 60.4 Å². The highest BCUT2D eigenvalue weighted by Gasteiger charge is 2.45. The van der Waals surface area contributed by atoms with E-state index < -0.39 is 34.0 Å². The first kappa shape index (κ1) is 38.9. The largest absolute Gasteiger partial charge is 0.487 e. The summed E-state index contributed by atoms with van der Waals surface area (Å²) in [4.78, 5) is 31.9. The van der Waals surface area contributed by atoms with Gasteiger partial charge in [0.2, 0.25) is 5.91 Å². The molecule has 4 aliphatic rings. The maximum atomic E-state index is 14.0. The number of nitrogens with zero attached hydrogens (tertiary/aromatic N) is 3. The lowest BCUT2D eigenvalue weighted by Gasteiger charge is -2.44. The van der Waals surface area contributed by atoms with E-state index in [2.05, 4.69) is 23.0 Å².